The van der Waals surface area contributed by atoms with Gasteiger partial charge in [0.15, 0.2) is 0 Å². The lowest BCUT2D eigenvalue weighted by molar-refractivity contribution is 0.138. The van der Waals surface area contributed by atoms with Gasteiger partial charge in [0.25, 0.3) is 0 Å². The summed E-state index contributed by atoms with van der Waals surface area (Å²) < 4.78 is 0. The molecule has 82 valence electrons. The van der Waals surface area contributed by atoms with Crippen LogP contribution in [0.5, 0.6) is 0 Å². The number of nitrogens with one attached hydrogen (secondary N) is 1. The fraction of sp³-hybridized carbons (Fsp3) is 1.00. The topological polar surface area (TPSA) is 35.5 Å². The van der Waals surface area contributed by atoms with Crippen molar-refractivity contribution in [3.05, 3.63) is 0 Å². The Bertz CT molecular complexity index is 180. The molecule has 0 spiro atoms. The van der Waals surface area contributed by atoms with Crippen LogP contribution in [0, 0.1) is 5.92 Å². The van der Waals surface area contributed by atoms with Gasteiger partial charge >= 0.3 is 0 Å². The smallest absolute Gasteiger partial charge is 0.0639 e. The monoisotopic (exact) mass is 198 g/mol. The van der Waals surface area contributed by atoms with Crippen LogP contribution in [-0.4, -0.2) is 48.3 Å². The molecule has 0 aromatic rings. The van der Waals surface area contributed by atoms with Crippen LogP contribution in [0.4, 0.5) is 0 Å². The average Bonchev–Trinajstić information content (AvgIpc) is 2.84. The maximum atomic E-state index is 9.27. The van der Waals surface area contributed by atoms with Crippen molar-refractivity contribution in [2.45, 2.75) is 38.3 Å². The van der Waals surface area contributed by atoms with Crippen LogP contribution in [-0.2, 0) is 0 Å². The zero-order valence-electron chi connectivity index (χ0n) is 9.08. The van der Waals surface area contributed by atoms with E-state index in [1.165, 1.54) is 38.9 Å². The van der Waals surface area contributed by atoms with Gasteiger partial charge < -0.3 is 15.3 Å². The van der Waals surface area contributed by atoms with E-state index < -0.39 is 0 Å². The summed E-state index contributed by atoms with van der Waals surface area (Å²) in [7, 11) is 0. The first kappa shape index (κ1) is 10.4. The highest BCUT2D eigenvalue weighted by Gasteiger charge is 2.26. The van der Waals surface area contributed by atoms with Gasteiger partial charge in [-0.25, -0.2) is 0 Å². The molecule has 2 atom stereocenters. The molecule has 1 aliphatic heterocycles. The van der Waals surface area contributed by atoms with Crippen LogP contribution in [0.2, 0.25) is 0 Å². The Labute approximate surface area is 86.5 Å². The summed E-state index contributed by atoms with van der Waals surface area (Å²) in [5.41, 5.74) is 0. The van der Waals surface area contributed by atoms with E-state index in [0.29, 0.717) is 0 Å². The Balaban J connectivity index is 1.60. The first-order valence-electron chi connectivity index (χ1n) is 5.88. The van der Waals surface area contributed by atoms with Crippen LogP contribution in [0.25, 0.3) is 0 Å². The van der Waals surface area contributed by atoms with Gasteiger partial charge in [-0.3, -0.25) is 0 Å². The molecule has 14 heavy (non-hydrogen) atoms. The summed E-state index contributed by atoms with van der Waals surface area (Å²) in [6.07, 6.45) is 3.88. The minimum absolute atomic E-state index is 0.176. The largest absolute Gasteiger partial charge is 0.392 e. The summed E-state index contributed by atoms with van der Waals surface area (Å²) in [5.74, 6) is 0.814. The average molecular weight is 198 g/mol. The summed E-state index contributed by atoms with van der Waals surface area (Å²) in [6.45, 7) is 6.24. The fourth-order valence-electron chi connectivity index (χ4n) is 2.24. The molecule has 3 heteroatoms. The third-order valence-electron chi connectivity index (χ3n) is 3.16. The fourth-order valence-corrected chi connectivity index (χ4v) is 2.24. The van der Waals surface area contributed by atoms with E-state index in [0.717, 1.165) is 18.5 Å². The van der Waals surface area contributed by atoms with Gasteiger partial charge in [-0.1, -0.05) is 0 Å². The van der Waals surface area contributed by atoms with Gasteiger partial charge in [0.1, 0.15) is 0 Å². The Kier molecular flexibility index (Phi) is 3.42. The first-order chi connectivity index (χ1) is 6.74. The lowest BCUT2D eigenvalue weighted by Gasteiger charge is -2.17. The molecule has 1 heterocycles. The van der Waals surface area contributed by atoms with Gasteiger partial charge in [0.2, 0.25) is 0 Å². The number of likely N-dealkylation sites (tertiary alicyclic amines) is 1. The second-order valence-electron chi connectivity index (χ2n) is 4.95. The van der Waals surface area contributed by atoms with Crippen molar-refractivity contribution in [3.8, 4) is 0 Å². The molecule has 2 unspecified atom stereocenters. The molecular weight excluding hydrogens is 176 g/mol. The van der Waals surface area contributed by atoms with E-state index in [9.17, 15) is 5.11 Å². The molecule has 2 N–H and O–H groups in total. The van der Waals surface area contributed by atoms with Crippen molar-refractivity contribution in [1.82, 2.24) is 10.2 Å². The van der Waals surface area contributed by atoms with Crippen LogP contribution < -0.4 is 5.32 Å². The second-order valence-corrected chi connectivity index (χ2v) is 4.95. The van der Waals surface area contributed by atoms with Crippen molar-refractivity contribution >= 4 is 0 Å². The molecule has 1 aliphatic carbocycles. The van der Waals surface area contributed by atoms with E-state index in [4.69, 9.17) is 0 Å². The number of rotatable bonds is 5. The van der Waals surface area contributed by atoms with Gasteiger partial charge in [-0.15, -0.1) is 0 Å². The van der Waals surface area contributed by atoms with Crippen molar-refractivity contribution in [3.63, 3.8) is 0 Å². The van der Waals surface area contributed by atoms with Crippen molar-refractivity contribution < 1.29 is 5.11 Å². The highest BCUT2D eigenvalue weighted by atomic mass is 16.3. The summed E-state index contributed by atoms with van der Waals surface area (Å²) in [5, 5.41) is 12.9. The number of nitrogens with zero attached hydrogens (tertiary/aromatic N) is 1. The second kappa shape index (κ2) is 4.60. The lowest BCUT2D eigenvalue weighted by atomic mass is 10.1. The highest BCUT2D eigenvalue weighted by molar-refractivity contribution is 4.84. The highest BCUT2D eigenvalue weighted by Crippen LogP contribution is 2.21. The maximum absolute atomic E-state index is 9.27. The quantitative estimate of drug-likeness (QED) is 0.673. The summed E-state index contributed by atoms with van der Waals surface area (Å²) in [4.78, 5) is 2.38. The summed E-state index contributed by atoms with van der Waals surface area (Å²) >= 11 is 0. The van der Waals surface area contributed by atoms with Crippen LogP contribution in [0.15, 0.2) is 0 Å². The lowest BCUT2D eigenvalue weighted by Crippen LogP contribution is -2.31. The van der Waals surface area contributed by atoms with Crippen molar-refractivity contribution in [2.75, 3.05) is 26.2 Å². The van der Waals surface area contributed by atoms with Gasteiger partial charge in [-0.05, 0) is 45.2 Å². The number of hydrogen-bond acceptors (Lipinski definition) is 3. The number of aliphatic hydroxyl groups is 1. The van der Waals surface area contributed by atoms with E-state index in [1.807, 2.05) is 6.92 Å². The van der Waals surface area contributed by atoms with E-state index in [2.05, 4.69) is 10.2 Å². The molecule has 3 nitrogen and oxygen atoms in total. The van der Waals surface area contributed by atoms with Crippen LogP contribution in [0.3, 0.4) is 0 Å². The minimum atomic E-state index is -0.176. The van der Waals surface area contributed by atoms with Crippen molar-refractivity contribution in [1.29, 1.82) is 0 Å². The van der Waals surface area contributed by atoms with E-state index in [-0.39, 0.29) is 6.10 Å². The first-order valence-corrected chi connectivity index (χ1v) is 5.88. The Hall–Kier alpha value is -0.120. The Morgan fingerprint density at radius 3 is 2.86 bits per heavy atom. The Morgan fingerprint density at radius 2 is 2.21 bits per heavy atom. The number of hydrogen-bond donors (Lipinski definition) is 2. The minimum Gasteiger partial charge on any atom is -0.392 e. The van der Waals surface area contributed by atoms with Gasteiger partial charge in [0, 0.05) is 19.1 Å². The molecular formula is C11H22N2O. The third kappa shape index (κ3) is 3.23. The SMILES string of the molecule is CC(O)CN1CCC(CNC2CC2)C1. The van der Waals surface area contributed by atoms with Gasteiger partial charge in [-0.2, -0.15) is 0 Å². The third-order valence-corrected chi connectivity index (χ3v) is 3.16. The maximum Gasteiger partial charge on any atom is 0.0639 e. The molecule has 2 aliphatic rings. The molecule has 0 radical (unpaired) electrons. The standard InChI is InChI=1S/C11H22N2O/c1-9(14)7-13-5-4-10(8-13)6-12-11-2-3-11/h9-12,14H,2-8H2,1H3. The van der Waals surface area contributed by atoms with Gasteiger partial charge in [0.05, 0.1) is 6.10 Å². The van der Waals surface area contributed by atoms with E-state index >= 15 is 0 Å². The molecule has 1 saturated carbocycles. The molecule has 0 bridgehead atoms. The normalized spacial score (nSPS) is 30.9. The molecule has 2 fully saturated rings. The zero-order valence-corrected chi connectivity index (χ0v) is 9.08. The molecule has 0 amide bonds. The van der Waals surface area contributed by atoms with Crippen LogP contribution >= 0.6 is 0 Å². The van der Waals surface area contributed by atoms with Crippen molar-refractivity contribution in [2.24, 2.45) is 5.92 Å². The van der Waals surface area contributed by atoms with E-state index in [1.54, 1.807) is 0 Å². The number of aliphatic hydroxyl groups excluding tert-OH is 1. The molecule has 0 aromatic heterocycles. The molecule has 1 saturated heterocycles. The molecule has 0 aromatic carbocycles. The Morgan fingerprint density at radius 1 is 1.43 bits per heavy atom. The predicted octanol–water partition coefficient (Wildman–Crippen LogP) is 0.441. The zero-order chi connectivity index (χ0) is 9.97. The molecule has 2 rings (SSSR count). The summed E-state index contributed by atoms with van der Waals surface area (Å²) in [6, 6.07) is 0.834. The predicted molar refractivity (Wildman–Crippen MR) is 57.3 cm³/mol. The van der Waals surface area contributed by atoms with Crippen LogP contribution in [0.1, 0.15) is 26.2 Å². The number of β-amino-alcohol motifs (C(OH)–C–C–N with tert-alkyl or cyclic N) is 1.